The number of benzene rings is 1. The predicted molar refractivity (Wildman–Crippen MR) is 60.8 cm³/mol. The topological polar surface area (TPSA) is 0 Å². The largest absolute Gasteiger partial charge is 0.206 e. The van der Waals surface area contributed by atoms with Crippen LogP contribution in [0.5, 0.6) is 0 Å². The lowest BCUT2D eigenvalue weighted by molar-refractivity contribution is 0.487. The predicted octanol–water partition coefficient (Wildman–Crippen LogP) is 4.83. The van der Waals surface area contributed by atoms with Crippen molar-refractivity contribution in [2.75, 3.05) is 0 Å². The van der Waals surface area contributed by atoms with E-state index in [9.17, 15) is 13.2 Å². The molecule has 0 fully saturated rings. The second-order valence-electron chi connectivity index (χ2n) is 3.13. The third-order valence-corrected chi connectivity index (χ3v) is 2.48. The van der Waals surface area contributed by atoms with Crippen LogP contribution in [0.3, 0.4) is 0 Å². The Morgan fingerprint density at radius 2 is 1.25 bits per heavy atom. The molecule has 0 unspecified atom stereocenters. The van der Waals surface area contributed by atoms with Crippen molar-refractivity contribution in [3.05, 3.63) is 47.3 Å². The van der Waals surface area contributed by atoms with Crippen molar-refractivity contribution in [1.29, 1.82) is 0 Å². The molecule has 1 aromatic carbocycles. The van der Waals surface area contributed by atoms with Crippen LogP contribution in [0.2, 0.25) is 0 Å². The second-order valence-corrected chi connectivity index (χ2v) is 4.04. The fraction of sp³-hybridized carbons (Fsp3) is 0.0909. The Kier molecular flexibility index (Phi) is 3.71. The minimum Gasteiger partial charge on any atom is -0.206 e. The van der Waals surface area contributed by atoms with Crippen LogP contribution in [0.1, 0.15) is 16.7 Å². The quantitative estimate of drug-likeness (QED) is 0.673. The van der Waals surface area contributed by atoms with Gasteiger partial charge in [0.1, 0.15) is 5.82 Å². The fourth-order valence-electron chi connectivity index (χ4n) is 1.34. The summed E-state index contributed by atoms with van der Waals surface area (Å²) in [6, 6.07) is 0. The van der Waals surface area contributed by atoms with Crippen LogP contribution >= 0.6 is 23.2 Å². The molecule has 0 radical (unpaired) electrons. The lowest BCUT2D eigenvalue weighted by Gasteiger charge is -2.12. The molecule has 1 rings (SSSR count). The first kappa shape index (κ1) is 13.1. The molecule has 86 valence electrons. The van der Waals surface area contributed by atoms with Crippen molar-refractivity contribution in [2.24, 2.45) is 0 Å². The molecule has 16 heavy (non-hydrogen) atoms. The van der Waals surface area contributed by atoms with Gasteiger partial charge in [-0.05, 0) is 12.5 Å². The maximum Gasteiger partial charge on any atom is 0.171 e. The maximum absolute atomic E-state index is 13.7. The summed E-state index contributed by atoms with van der Waals surface area (Å²) < 4.78 is 40.6. The van der Waals surface area contributed by atoms with Gasteiger partial charge in [0.15, 0.2) is 11.6 Å². The molecule has 0 saturated heterocycles. The third-order valence-electron chi connectivity index (χ3n) is 2.10. The van der Waals surface area contributed by atoms with E-state index in [1.807, 2.05) is 0 Å². The lowest BCUT2D eigenvalue weighted by Crippen LogP contribution is -2.04. The first-order valence-electron chi connectivity index (χ1n) is 4.15. The van der Waals surface area contributed by atoms with Gasteiger partial charge in [0.25, 0.3) is 0 Å². The van der Waals surface area contributed by atoms with Gasteiger partial charge in [-0.1, -0.05) is 36.4 Å². The van der Waals surface area contributed by atoms with Gasteiger partial charge < -0.3 is 0 Å². The van der Waals surface area contributed by atoms with Crippen molar-refractivity contribution < 1.29 is 13.2 Å². The van der Waals surface area contributed by atoms with Crippen LogP contribution in [0.4, 0.5) is 13.2 Å². The number of hydrogen-bond donors (Lipinski definition) is 0. The zero-order valence-electron chi connectivity index (χ0n) is 8.30. The molecule has 5 heteroatoms. The van der Waals surface area contributed by atoms with E-state index >= 15 is 0 Å². The normalized spacial score (nSPS) is 10.4. The van der Waals surface area contributed by atoms with Crippen molar-refractivity contribution in [3.8, 4) is 0 Å². The zero-order valence-corrected chi connectivity index (χ0v) is 9.82. The first-order chi connectivity index (χ1) is 7.29. The van der Waals surface area contributed by atoms with Crippen LogP contribution in [-0.4, -0.2) is 0 Å². The van der Waals surface area contributed by atoms with Gasteiger partial charge >= 0.3 is 0 Å². The third kappa shape index (κ3) is 1.97. The van der Waals surface area contributed by atoms with E-state index in [1.54, 1.807) is 0 Å². The van der Waals surface area contributed by atoms with Gasteiger partial charge in [-0.3, -0.25) is 0 Å². The molecule has 0 N–H and O–H groups in total. The highest BCUT2D eigenvalue weighted by Gasteiger charge is 2.24. The van der Waals surface area contributed by atoms with Crippen LogP contribution < -0.4 is 0 Å². The monoisotopic (exact) mass is 266 g/mol. The van der Waals surface area contributed by atoms with E-state index in [0.29, 0.717) is 0 Å². The molecule has 0 saturated carbocycles. The smallest absolute Gasteiger partial charge is 0.171 e. The fourth-order valence-corrected chi connectivity index (χ4v) is 1.73. The van der Waals surface area contributed by atoms with Gasteiger partial charge in [0, 0.05) is 15.6 Å². The van der Waals surface area contributed by atoms with Gasteiger partial charge in [0.2, 0.25) is 0 Å². The van der Waals surface area contributed by atoms with E-state index < -0.39 is 33.6 Å². The van der Waals surface area contributed by atoms with Gasteiger partial charge in [-0.15, -0.1) is 0 Å². The van der Waals surface area contributed by atoms with Crippen LogP contribution in [0.25, 0.3) is 10.1 Å². The van der Waals surface area contributed by atoms with Gasteiger partial charge in [-0.25, -0.2) is 13.2 Å². The molecule has 0 amide bonds. The Morgan fingerprint density at radius 1 is 0.875 bits per heavy atom. The highest BCUT2D eigenvalue weighted by Crippen LogP contribution is 2.34. The van der Waals surface area contributed by atoms with E-state index in [1.165, 1.54) is 6.92 Å². The molecule has 0 aliphatic carbocycles. The lowest BCUT2D eigenvalue weighted by atomic mass is 10.0. The van der Waals surface area contributed by atoms with Crippen molar-refractivity contribution >= 4 is 33.3 Å². The molecule has 0 nitrogen and oxygen atoms in total. The Morgan fingerprint density at radius 3 is 1.62 bits per heavy atom. The molecule has 0 spiro atoms. The van der Waals surface area contributed by atoms with E-state index in [0.717, 1.165) is 0 Å². The van der Waals surface area contributed by atoms with Crippen LogP contribution in [0.15, 0.2) is 13.2 Å². The Balaban J connectivity index is 3.77. The summed E-state index contributed by atoms with van der Waals surface area (Å²) in [6.07, 6.45) is 0. The summed E-state index contributed by atoms with van der Waals surface area (Å²) in [5.41, 5.74) is -1.23. The van der Waals surface area contributed by atoms with E-state index in [2.05, 4.69) is 13.2 Å². The van der Waals surface area contributed by atoms with Gasteiger partial charge in [0.05, 0.1) is 5.56 Å². The Hall–Kier alpha value is -0.930. The molecule has 0 bridgehead atoms. The Labute approximate surface area is 101 Å². The number of halogens is 5. The van der Waals surface area contributed by atoms with Crippen molar-refractivity contribution in [3.63, 3.8) is 0 Å². The molecular weight excluding hydrogens is 260 g/mol. The molecular formula is C11H7Cl2F3. The summed E-state index contributed by atoms with van der Waals surface area (Å²) in [6.45, 7) is 7.66. The highest BCUT2D eigenvalue weighted by atomic mass is 35.5. The number of rotatable bonds is 2. The van der Waals surface area contributed by atoms with Crippen LogP contribution in [0, 0.1) is 24.4 Å². The molecule has 0 heterocycles. The summed E-state index contributed by atoms with van der Waals surface area (Å²) in [5.74, 6) is -3.69. The molecule has 0 aliphatic heterocycles. The average Bonchev–Trinajstić information content (AvgIpc) is 2.14. The summed E-state index contributed by atoms with van der Waals surface area (Å²) in [4.78, 5) is 0. The number of hydrogen-bond acceptors (Lipinski definition) is 0. The summed E-state index contributed by atoms with van der Waals surface area (Å²) >= 11 is 10.9. The minimum absolute atomic E-state index is 0.157. The first-order valence-corrected chi connectivity index (χ1v) is 4.91. The summed E-state index contributed by atoms with van der Waals surface area (Å²) in [7, 11) is 0. The van der Waals surface area contributed by atoms with Crippen molar-refractivity contribution in [1.82, 2.24) is 0 Å². The van der Waals surface area contributed by atoms with Crippen LogP contribution in [-0.2, 0) is 0 Å². The summed E-state index contributed by atoms with van der Waals surface area (Å²) in [5, 5.41) is -0.691. The molecule has 0 atom stereocenters. The maximum atomic E-state index is 13.7. The molecule has 1 aromatic rings. The van der Waals surface area contributed by atoms with Crippen molar-refractivity contribution in [2.45, 2.75) is 6.92 Å². The Bertz CT molecular complexity index is 418. The average molecular weight is 267 g/mol. The zero-order chi connectivity index (χ0) is 12.6. The molecule has 0 aromatic heterocycles. The molecule has 0 aliphatic rings. The second kappa shape index (κ2) is 4.52. The highest BCUT2D eigenvalue weighted by molar-refractivity contribution is 6.49. The standard InChI is InChI=1S/C11H7Cl2F3/c1-4-7(5(2)12)10(15)11(16)8(6(3)13)9(4)14/h2-3H2,1H3. The van der Waals surface area contributed by atoms with Gasteiger partial charge in [-0.2, -0.15) is 0 Å². The SMILES string of the molecule is C=C(Cl)c1c(C)c(F)c(C(=C)Cl)c(F)c1F. The van der Waals surface area contributed by atoms with E-state index in [-0.39, 0.29) is 10.6 Å². The minimum atomic E-state index is -1.42. The van der Waals surface area contributed by atoms with E-state index in [4.69, 9.17) is 23.2 Å².